The van der Waals surface area contributed by atoms with Crippen LogP contribution in [-0.2, 0) is 9.84 Å². The van der Waals surface area contributed by atoms with Crippen molar-refractivity contribution in [1.82, 2.24) is 4.98 Å². The van der Waals surface area contributed by atoms with Gasteiger partial charge in [0.25, 0.3) is 0 Å². The van der Waals surface area contributed by atoms with Gasteiger partial charge in [-0.15, -0.1) is 11.3 Å². The Labute approximate surface area is 189 Å². The molecule has 0 N–H and O–H groups in total. The Hall–Kier alpha value is -2.72. The number of hydrogen-bond donors (Lipinski definition) is 0. The molecule has 0 spiro atoms. The van der Waals surface area contributed by atoms with E-state index in [-0.39, 0.29) is 9.10 Å². The molecule has 5 rings (SSSR count). The highest BCUT2D eigenvalue weighted by atomic mass is 35.5. The number of rotatable bonds is 4. The molecule has 0 bridgehead atoms. The van der Waals surface area contributed by atoms with Gasteiger partial charge in [0.1, 0.15) is 9.04 Å². The molecule has 4 aromatic rings. The third-order valence-electron chi connectivity index (χ3n) is 5.72. The fraction of sp³-hybridized carbons (Fsp3) is 0.167. The summed E-state index contributed by atoms with van der Waals surface area (Å²) in [5.41, 5.74) is 2.73. The van der Waals surface area contributed by atoms with Crippen LogP contribution in [0, 0.1) is 11.3 Å². The first kappa shape index (κ1) is 20.2. The number of fused-ring (bicyclic) bond motifs is 1. The minimum atomic E-state index is -3.85. The minimum absolute atomic E-state index is 0.104. The quantitative estimate of drug-likeness (QED) is 0.341. The molecular weight excluding hydrogens is 448 g/mol. The molecular formula is C24H17ClN2O2S2. The van der Waals surface area contributed by atoms with Crippen LogP contribution in [0.1, 0.15) is 36.4 Å². The van der Waals surface area contributed by atoms with E-state index in [1.54, 1.807) is 24.3 Å². The average molecular weight is 465 g/mol. The van der Waals surface area contributed by atoms with Crippen LogP contribution in [0.3, 0.4) is 0 Å². The number of pyridine rings is 1. The first-order valence-electron chi connectivity index (χ1n) is 9.92. The molecule has 7 heteroatoms. The maximum absolute atomic E-state index is 13.7. The standard InChI is InChI=1S/C24H17ClN2O2S2/c25-18-9-7-17(8-10-18)22-20-11-12-21(16-4-2-5-16)27-23(20)30-24(22)31(28,29)19-6-1-3-15(13-19)14-26/h1,3,6-13,16H,2,4-5H2. The van der Waals surface area contributed by atoms with Gasteiger partial charge in [0.2, 0.25) is 9.84 Å². The third kappa shape index (κ3) is 3.53. The smallest absolute Gasteiger partial charge is 0.216 e. The molecule has 0 saturated heterocycles. The van der Waals surface area contributed by atoms with Crippen molar-refractivity contribution in [2.75, 3.05) is 0 Å². The van der Waals surface area contributed by atoms with Crippen molar-refractivity contribution in [3.8, 4) is 17.2 Å². The van der Waals surface area contributed by atoms with Gasteiger partial charge in [-0.3, -0.25) is 0 Å². The second-order valence-corrected chi connectivity index (χ2v) is 11.2. The highest BCUT2D eigenvalue weighted by Gasteiger charge is 2.29. The molecule has 2 aromatic heterocycles. The average Bonchev–Trinajstić information content (AvgIpc) is 3.13. The van der Waals surface area contributed by atoms with Crippen molar-refractivity contribution in [2.45, 2.75) is 34.3 Å². The zero-order valence-corrected chi connectivity index (χ0v) is 18.8. The SMILES string of the molecule is N#Cc1cccc(S(=O)(=O)c2sc3nc(C4CCC4)ccc3c2-c2ccc(Cl)cc2)c1. The molecule has 0 radical (unpaired) electrons. The lowest BCUT2D eigenvalue weighted by Gasteiger charge is -2.24. The lowest BCUT2D eigenvalue weighted by Crippen LogP contribution is -2.09. The van der Waals surface area contributed by atoms with Crippen LogP contribution < -0.4 is 0 Å². The summed E-state index contributed by atoms with van der Waals surface area (Å²) in [6.07, 6.45) is 3.46. The lowest BCUT2D eigenvalue weighted by molar-refractivity contribution is 0.412. The van der Waals surface area contributed by atoms with Gasteiger partial charge in [-0.1, -0.05) is 36.2 Å². The predicted molar refractivity (Wildman–Crippen MR) is 123 cm³/mol. The van der Waals surface area contributed by atoms with Crippen molar-refractivity contribution in [1.29, 1.82) is 5.26 Å². The Balaban J connectivity index is 1.76. The van der Waals surface area contributed by atoms with E-state index < -0.39 is 9.84 Å². The summed E-state index contributed by atoms with van der Waals surface area (Å²) in [5, 5.41) is 10.6. The Morgan fingerprint density at radius 2 is 1.84 bits per heavy atom. The van der Waals surface area contributed by atoms with Crippen LogP contribution in [0.2, 0.25) is 5.02 Å². The summed E-state index contributed by atoms with van der Waals surface area (Å²) in [5.74, 6) is 0.456. The van der Waals surface area contributed by atoms with Gasteiger partial charge in [0.05, 0.1) is 16.5 Å². The molecule has 154 valence electrons. The van der Waals surface area contributed by atoms with E-state index in [4.69, 9.17) is 16.6 Å². The Morgan fingerprint density at radius 3 is 2.52 bits per heavy atom. The fourth-order valence-corrected chi connectivity index (χ4v) is 7.10. The number of aromatic nitrogens is 1. The maximum Gasteiger partial charge on any atom is 0.216 e. The van der Waals surface area contributed by atoms with Gasteiger partial charge in [-0.25, -0.2) is 13.4 Å². The van der Waals surface area contributed by atoms with Crippen molar-refractivity contribution < 1.29 is 8.42 Å². The number of nitriles is 1. The van der Waals surface area contributed by atoms with Gasteiger partial charge in [-0.2, -0.15) is 5.26 Å². The number of nitrogens with zero attached hydrogens (tertiary/aromatic N) is 2. The highest BCUT2D eigenvalue weighted by molar-refractivity contribution is 7.93. The lowest BCUT2D eigenvalue weighted by atomic mass is 9.82. The first-order chi connectivity index (χ1) is 15.0. The number of halogens is 1. The van der Waals surface area contributed by atoms with Crippen molar-refractivity contribution >= 4 is 43.0 Å². The van der Waals surface area contributed by atoms with Gasteiger partial charge >= 0.3 is 0 Å². The molecule has 0 unspecified atom stereocenters. The molecule has 1 fully saturated rings. The molecule has 1 aliphatic rings. The van der Waals surface area contributed by atoms with E-state index in [9.17, 15) is 13.7 Å². The van der Waals surface area contributed by atoms with E-state index in [2.05, 4.69) is 0 Å². The summed E-state index contributed by atoms with van der Waals surface area (Å²) in [6.45, 7) is 0. The molecule has 0 aliphatic heterocycles. The van der Waals surface area contributed by atoms with Gasteiger partial charge in [-0.05, 0) is 60.9 Å². The Kier molecular flexibility index (Phi) is 5.05. The maximum atomic E-state index is 13.7. The summed E-state index contributed by atoms with van der Waals surface area (Å²) in [6, 6.07) is 19.3. The largest absolute Gasteiger partial charge is 0.242 e. The van der Waals surface area contributed by atoms with Crippen molar-refractivity contribution in [2.24, 2.45) is 0 Å². The summed E-state index contributed by atoms with van der Waals surface area (Å²) in [7, 11) is -3.85. The molecule has 31 heavy (non-hydrogen) atoms. The second kappa shape index (κ2) is 7.76. The van der Waals surface area contributed by atoms with Gasteiger partial charge in [0, 0.05) is 27.6 Å². The molecule has 1 saturated carbocycles. The van der Waals surface area contributed by atoms with Crippen LogP contribution in [0.4, 0.5) is 0 Å². The number of benzene rings is 2. The zero-order valence-electron chi connectivity index (χ0n) is 16.4. The van der Waals surface area contributed by atoms with E-state index in [1.807, 2.05) is 30.3 Å². The molecule has 2 heterocycles. The molecule has 0 amide bonds. The first-order valence-corrected chi connectivity index (χ1v) is 12.6. The van der Waals surface area contributed by atoms with Crippen LogP contribution in [0.5, 0.6) is 0 Å². The van der Waals surface area contributed by atoms with Gasteiger partial charge < -0.3 is 0 Å². The molecule has 4 nitrogen and oxygen atoms in total. The van der Waals surface area contributed by atoms with E-state index in [1.165, 1.54) is 29.9 Å². The summed E-state index contributed by atoms with van der Waals surface area (Å²) >= 11 is 7.26. The Morgan fingerprint density at radius 1 is 1.06 bits per heavy atom. The van der Waals surface area contributed by atoms with Crippen molar-refractivity contribution in [3.63, 3.8) is 0 Å². The normalized spacial score (nSPS) is 14.3. The third-order valence-corrected chi connectivity index (χ3v) is 9.34. The van der Waals surface area contributed by atoms with Crippen LogP contribution >= 0.6 is 22.9 Å². The molecule has 1 aliphatic carbocycles. The van der Waals surface area contributed by atoms with Crippen LogP contribution in [0.15, 0.2) is 69.8 Å². The zero-order chi connectivity index (χ0) is 21.6. The molecule has 0 atom stereocenters. The number of thiophene rings is 1. The summed E-state index contributed by atoms with van der Waals surface area (Å²) < 4.78 is 27.6. The monoisotopic (exact) mass is 464 g/mol. The highest BCUT2D eigenvalue weighted by Crippen LogP contribution is 2.45. The molecule has 2 aromatic carbocycles. The summed E-state index contributed by atoms with van der Waals surface area (Å²) in [4.78, 5) is 5.65. The predicted octanol–water partition coefficient (Wildman–Crippen LogP) is 6.59. The number of sulfone groups is 1. The topological polar surface area (TPSA) is 70.8 Å². The second-order valence-electron chi connectivity index (χ2n) is 7.63. The van der Waals surface area contributed by atoms with Crippen molar-refractivity contribution in [3.05, 3.63) is 76.9 Å². The number of hydrogen-bond acceptors (Lipinski definition) is 5. The Bertz CT molecular complexity index is 1450. The van der Waals surface area contributed by atoms with E-state index in [0.29, 0.717) is 26.9 Å². The van der Waals surface area contributed by atoms with Crippen LogP contribution in [0.25, 0.3) is 21.3 Å². The van der Waals surface area contributed by atoms with Crippen LogP contribution in [-0.4, -0.2) is 13.4 Å². The van der Waals surface area contributed by atoms with Gasteiger partial charge in [0.15, 0.2) is 0 Å². The van der Waals surface area contributed by atoms with E-state index >= 15 is 0 Å². The fourth-order valence-electron chi connectivity index (χ4n) is 3.82. The van der Waals surface area contributed by atoms with E-state index in [0.717, 1.165) is 29.5 Å². The minimum Gasteiger partial charge on any atom is -0.242 e.